The number of urea groups is 1. The number of anilines is 4. The maximum Gasteiger partial charge on any atom is 0.326 e. The van der Waals surface area contributed by atoms with E-state index in [9.17, 15) is 13.6 Å². The van der Waals surface area contributed by atoms with Crippen molar-refractivity contribution in [3.05, 3.63) is 143 Å². The van der Waals surface area contributed by atoms with E-state index in [1.54, 1.807) is 59.1 Å². The first kappa shape index (κ1) is 60.1. The first-order chi connectivity index (χ1) is 38.8. The highest BCUT2D eigenvalue weighted by Gasteiger charge is 2.31. The fourth-order valence-corrected chi connectivity index (χ4v) is 9.43. The number of hydrogen-bond acceptors (Lipinski definition) is 15. The maximum absolute atomic E-state index is 14.9. The molecule has 0 saturated carbocycles. The van der Waals surface area contributed by atoms with Crippen LogP contribution in [0.5, 0.6) is 23.0 Å². The number of methoxy groups -OCH3 is 1. The Labute approximate surface area is 475 Å². The van der Waals surface area contributed by atoms with Crippen molar-refractivity contribution in [3.8, 4) is 34.3 Å². The molecule has 0 bridgehead atoms. The maximum atomic E-state index is 14.9. The Morgan fingerprint density at radius 3 is 2.38 bits per heavy atom. The highest BCUT2D eigenvalue weighted by molar-refractivity contribution is 7.99. The van der Waals surface area contributed by atoms with Crippen LogP contribution in [0, 0.1) is 32.1 Å². The molecule has 2 amide bonds. The van der Waals surface area contributed by atoms with E-state index < -0.39 is 29.5 Å². The van der Waals surface area contributed by atoms with Crippen molar-refractivity contribution >= 4 is 69.8 Å². The third kappa shape index (κ3) is 16.3. The van der Waals surface area contributed by atoms with Crippen LogP contribution in [0.15, 0.2) is 114 Å². The van der Waals surface area contributed by atoms with Gasteiger partial charge in [0.15, 0.2) is 23.6 Å². The molecule has 7 rings (SSSR count). The quantitative estimate of drug-likeness (QED) is 0.00428. The largest absolute Gasteiger partial charge is 0.755 e. The summed E-state index contributed by atoms with van der Waals surface area (Å²) in [6.45, 7) is 15.7. The Bertz CT molecular complexity index is 3240. The second-order valence-corrected chi connectivity index (χ2v) is 20.0. The molecule has 5 aromatic carbocycles. The summed E-state index contributed by atoms with van der Waals surface area (Å²) in [4.78, 5) is 32.8. The molecule has 0 radical (unpaired) electrons. The summed E-state index contributed by atoms with van der Waals surface area (Å²) in [6, 6.07) is 36.1. The lowest BCUT2D eigenvalue weighted by molar-refractivity contribution is -0.158. The SMILES string of the molecule is CCCCOCCCNC(=O)N(c1ccc(N(C#CSOOC)CC)cc1C)c1c(Cc2ccccc2)[nH]n2nc(C(C)CN(c3cc(N=COC(CC)Oc4ccc(C)cc4C)ccc3Oc3ccc(OC)cc3)S(=O)[O-])nc12. The zero-order valence-corrected chi connectivity index (χ0v) is 48.4. The number of rotatable bonds is 29. The highest BCUT2D eigenvalue weighted by Crippen LogP contribution is 2.40. The first-order valence-electron chi connectivity index (χ1n) is 26.5. The van der Waals surface area contributed by atoms with Crippen molar-refractivity contribution in [2.75, 3.05) is 61.2 Å². The number of aromatic amines is 1. The summed E-state index contributed by atoms with van der Waals surface area (Å²) in [5.41, 5.74) is 7.28. The van der Waals surface area contributed by atoms with Gasteiger partial charge in [-0.15, -0.1) is 9.43 Å². The van der Waals surface area contributed by atoms with Gasteiger partial charge in [0.1, 0.15) is 35.0 Å². The van der Waals surface area contributed by atoms with E-state index in [2.05, 4.69) is 38.5 Å². The molecule has 2 heterocycles. The number of carbonyl (C=O) groups excluding carboxylic acids is 1. The van der Waals surface area contributed by atoms with Crippen LogP contribution in [-0.4, -0.2) is 94.4 Å². The van der Waals surface area contributed by atoms with Gasteiger partial charge >= 0.3 is 6.03 Å². The van der Waals surface area contributed by atoms with E-state index >= 15 is 0 Å². The number of amides is 2. The minimum atomic E-state index is -2.85. The molecule has 0 saturated heterocycles. The van der Waals surface area contributed by atoms with Crippen molar-refractivity contribution in [3.63, 3.8) is 0 Å². The standard InChI is InChI=1S/C59H71N9O10S2/c1-10-13-32-74-33-17-30-60-59(69)67(51-27-22-47(36-42(51)5)65(12-3)31-34-79-78-73-9)56-50(37-45-18-15-14-16-19-45)63-68-58(56)62-57(64-68)44(7)39-66(80(70)71)52-38-46(21-29-54(52)76-49-25-23-48(72-8)24-26-49)61-40-75-55(11-2)77-53-28-20-41(4)35-43(53)6/h14-16,18-29,35-36,38,40,44,55,63H,10-13,17,30,32-33,37,39H2,1-9H3,(H,60,69)(H,70,71)/p-1. The summed E-state index contributed by atoms with van der Waals surface area (Å²) >= 11 is -1.98. The summed E-state index contributed by atoms with van der Waals surface area (Å²) in [7, 11) is 2.98. The molecule has 19 nitrogen and oxygen atoms in total. The Kier molecular flexibility index (Phi) is 22.6. The molecule has 0 fully saturated rings. The van der Waals surface area contributed by atoms with Gasteiger partial charge in [-0.2, -0.15) is 4.63 Å². The zero-order chi connectivity index (χ0) is 57.0. The third-order valence-electron chi connectivity index (χ3n) is 12.7. The number of hydrogen-bond donors (Lipinski definition) is 2. The van der Waals surface area contributed by atoms with Gasteiger partial charge in [-0.25, -0.2) is 19.7 Å². The molecule has 0 aliphatic carbocycles. The first-order valence-corrected chi connectivity index (χ1v) is 28.3. The van der Waals surface area contributed by atoms with E-state index in [1.165, 1.54) is 17.8 Å². The number of aryl methyl sites for hydroxylation is 3. The summed E-state index contributed by atoms with van der Waals surface area (Å²) in [5, 5.41) is 14.4. The lowest BCUT2D eigenvalue weighted by Gasteiger charge is -2.30. The van der Waals surface area contributed by atoms with E-state index in [4.69, 9.17) is 38.1 Å². The van der Waals surface area contributed by atoms with E-state index in [-0.39, 0.29) is 18.0 Å². The van der Waals surface area contributed by atoms with Crippen LogP contribution in [-0.2, 0) is 36.4 Å². The average molecular weight is 1130 g/mol. The molecule has 0 spiro atoms. The molecular weight excluding hydrogens is 1060 g/mol. The number of nitrogens with one attached hydrogen (secondary N) is 2. The van der Waals surface area contributed by atoms with E-state index in [1.807, 2.05) is 113 Å². The number of aromatic nitrogens is 4. The Morgan fingerprint density at radius 1 is 0.912 bits per heavy atom. The lowest BCUT2D eigenvalue weighted by Crippen LogP contribution is -2.38. The molecule has 0 aliphatic rings. The monoisotopic (exact) mass is 1130 g/mol. The Hall–Kier alpha value is -7.58. The van der Waals surface area contributed by atoms with Crippen LogP contribution in [0.1, 0.15) is 93.1 Å². The average Bonchev–Trinajstić information content (AvgIpc) is 4.18. The number of nitrogens with zero attached hydrogens (tertiary/aromatic N) is 7. The number of aliphatic imine (C=N–C) groups is 1. The second-order valence-electron chi connectivity index (χ2n) is 18.6. The fraction of sp³-hybridized carbons (Fsp3) is 0.356. The van der Waals surface area contributed by atoms with Crippen LogP contribution in [0.4, 0.5) is 33.2 Å². The molecule has 3 unspecified atom stereocenters. The van der Waals surface area contributed by atoms with Crippen LogP contribution in [0.25, 0.3) is 5.65 Å². The van der Waals surface area contributed by atoms with Gasteiger partial charge in [0.25, 0.3) is 0 Å². The predicted molar refractivity (Wildman–Crippen MR) is 314 cm³/mol. The van der Waals surface area contributed by atoms with Gasteiger partial charge in [0.2, 0.25) is 6.29 Å². The molecule has 424 valence electrons. The smallest absolute Gasteiger partial charge is 0.326 e. The van der Waals surface area contributed by atoms with Crippen LogP contribution in [0.2, 0.25) is 0 Å². The summed E-state index contributed by atoms with van der Waals surface area (Å²) in [6.07, 6.45) is 4.15. The number of H-pyrrole nitrogens is 1. The number of benzene rings is 5. The topological polar surface area (TPSA) is 202 Å². The normalized spacial score (nSPS) is 12.4. The van der Waals surface area contributed by atoms with Gasteiger partial charge in [0, 0.05) is 79.9 Å². The summed E-state index contributed by atoms with van der Waals surface area (Å²) in [5.74, 6) is 1.67. The number of carbonyl (C=O) groups is 1. The van der Waals surface area contributed by atoms with Crippen molar-refractivity contribution < 1.29 is 46.5 Å². The fourth-order valence-electron chi connectivity index (χ4n) is 8.53. The molecule has 2 N–H and O–H groups in total. The van der Waals surface area contributed by atoms with Gasteiger partial charge in [-0.05, 0) is 124 Å². The third-order valence-corrected chi connectivity index (χ3v) is 13.7. The number of fused-ring (bicyclic) bond motifs is 1. The van der Waals surface area contributed by atoms with E-state index in [0.717, 1.165) is 52.8 Å². The van der Waals surface area contributed by atoms with Crippen molar-refractivity contribution in [1.82, 2.24) is 25.1 Å². The van der Waals surface area contributed by atoms with Crippen molar-refractivity contribution in [2.24, 2.45) is 4.99 Å². The Morgan fingerprint density at radius 2 is 1.68 bits per heavy atom. The minimum absolute atomic E-state index is 0.127. The molecule has 80 heavy (non-hydrogen) atoms. The van der Waals surface area contributed by atoms with Gasteiger partial charge in [0.05, 0.1) is 37.0 Å². The van der Waals surface area contributed by atoms with Gasteiger partial charge in [-0.1, -0.05) is 75.2 Å². The van der Waals surface area contributed by atoms with Crippen LogP contribution >= 0.6 is 12.0 Å². The number of unbranched alkanes of at least 4 members (excludes halogenated alkanes) is 1. The molecule has 7 aromatic rings. The van der Waals surface area contributed by atoms with Crippen molar-refractivity contribution in [2.45, 2.75) is 92.8 Å². The lowest BCUT2D eigenvalue weighted by atomic mass is 10.1. The predicted octanol–water partition coefficient (Wildman–Crippen LogP) is 12.3. The minimum Gasteiger partial charge on any atom is -0.755 e. The van der Waals surface area contributed by atoms with Crippen LogP contribution in [0.3, 0.4) is 0 Å². The van der Waals surface area contributed by atoms with Crippen LogP contribution < -0.4 is 33.6 Å². The van der Waals surface area contributed by atoms with Gasteiger partial charge in [-0.3, -0.25) is 18.5 Å². The zero-order valence-electron chi connectivity index (χ0n) is 46.7. The Balaban J connectivity index is 1.26. The highest BCUT2D eigenvalue weighted by atomic mass is 32.2. The van der Waals surface area contributed by atoms with Crippen molar-refractivity contribution in [1.29, 1.82) is 0 Å². The van der Waals surface area contributed by atoms with E-state index in [0.29, 0.717) is 97.0 Å². The molecule has 2 aromatic heterocycles. The molecule has 3 atom stereocenters. The number of ether oxygens (including phenoxy) is 5. The second kappa shape index (κ2) is 30.1. The summed E-state index contributed by atoms with van der Waals surface area (Å²) < 4.78 is 64.4. The van der Waals surface area contributed by atoms with Gasteiger partial charge < -0.3 is 38.5 Å². The molecule has 21 heteroatoms. The molecule has 0 aliphatic heterocycles. The molecular formula is C59H70N9O10S2-.